The van der Waals surface area contributed by atoms with Crippen molar-refractivity contribution >= 4 is 29.2 Å². The Bertz CT molecular complexity index is 1370. The third kappa shape index (κ3) is 6.01. The minimum Gasteiger partial charge on any atom is -0.352 e. The lowest BCUT2D eigenvalue weighted by molar-refractivity contribution is -0.132. The highest BCUT2D eigenvalue weighted by Gasteiger charge is 2.26. The predicted molar refractivity (Wildman–Crippen MR) is 149 cm³/mol. The number of carbonyl (C=O) groups is 2. The molecule has 4 aromatic rings. The molecule has 1 aliphatic heterocycles. The van der Waals surface area contributed by atoms with Crippen molar-refractivity contribution in [2.45, 2.75) is 6.54 Å². The lowest BCUT2D eigenvalue weighted by Crippen LogP contribution is -2.52. The smallest absolute Gasteiger partial charge is 0.254 e. The fourth-order valence-corrected chi connectivity index (χ4v) is 4.75. The van der Waals surface area contributed by atoms with Gasteiger partial charge in [0.25, 0.3) is 5.91 Å². The van der Waals surface area contributed by atoms with Gasteiger partial charge in [-0.05, 0) is 35.9 Å². The summed E-state index contributed by atoms with van der Waals surface area (Å²) in [4.78, 5) is 32.1. The summed E-state index contributed by atoms with van der Waals surface area (Å²) in [6.45, 7) is 2.76. The zero-order chi connectivity index (χ0) is 26.3. The Morgan fingerprint density at radius 3 is 2.08 bits per heavy atom. The topological polar surface area (TPSA) is 69.6 Å². The van der Waals surface area contributed by atoms with Crippen molar-refractivity contribution in [1.82, 2.24) is 20.0 Å². The van der Waals surface area contributed by atoms with E-state index >= 15 is 0 Å². The Labute approximate surface area is 227 Å². The Kier molecular flexibility index (Phi) is 7.95. The van der Waals surface area contributed by atoms with Crippen molar-refractivity contribution in [3.05, 3.63) is 113 Å². The van der Waals surface area contributed by atoms with Crippen LogP contribution in [0.25, 0.3) is 11.3 Å². The van der Waals surface area contributed by atoms with Gasteiger partial charge in [-0.2, -0.15) is 0 Å². The van der Waals surface area contributed by atoms with Gasteiger partial charge in [0.15, 0.2) is 5.82 Å². The molecule has 38 heavy (non-hydrogen) atoms. The van der Waals surface area contributed by atoms with E-state index in [0.717, 1.165) is 22.6 Å². The van der Waals surface area contributed by atoms with E-state index < -0.39 is 0 Å². The van der Waals surface area contributed by atoms with Gasteiger partial charge < -0.3 is 14.7 Å². The van der Waals surface area contributed by atoms with Crippen LogP contribution in [0.5, 0.6) is 0 Å². The summed E-state index contributed by atoms with van der Waals surface area (Å²) in [5, 5.41) is 9.40. The van der Waals surface area contributed by atoms with E-state index in [0.29, 0.717) is 43.3 Å². The highest BCUT2D eigenvalue weighted by molar-refractivity contribution is 6.33. The van der Waals surface area contributed by atoms with Crippen molar-refractivity contribution in [2.24, 2.45) is 0 Å². The zero-order valence-corrected chi connectivity index (χ0v) is 21.7. The number of anilines is 1. The van der Waals surface area contributed by atoms with Crippen LogP contribution < -0.4 is 4.90 Å². The second-order valence-corrected chi connectivity index (χ2v) is 9.54. The number of carbonyl (C=O) groups excluding carboxylic acids is 2. The first-order chi connectivity index (χ1) is 18.6. The Hall–Kier alpha value is -4.23. The molecule has 0 bridgehead atoms. The fraction of sp³-hybridized carbons (Fsp3) is 0.200. The van der Waals surface area contributed by atoms with Crippen molar-refractivity contribution in [2.75, 3.05) is 37.6 Å². The molecule has 0 atom stereocenters. The summed E-state index contributed by atoms with van der Waals surface area (Å²) in [6, 6.07) is 30.2. The fourth-order valence-electron chi connectivity index (χ4n) is 4.52. The van der Waals surface area contributed by atoms with Crippen LogP contribution in [0.2, 0.25) is 5.02 Å². The van der Waals surface area contributed by atoms with E-state index in [2.05, 4.69) is 15.1 Å². The van der Waals surface area contributed by atoms with Crippen LogP contribution in [0.3, 0.4) is 0 Å². The van der Waals surface area contributed by atoms with Crippen LogP contribution in [0, 0.1) is 0 Å². The first-order valence-corrected chi connectivity index (χ1v) is 13.0. The number of hydrogen-bond acceptors (Lipinski definition) is 5. The van der Waals surface area contributed by atoms with Gasteiger partial charge in [0, 0.05) is 43.9 Å². The van der Waals surface area contributed by atoms with Gasteiger partial charge in [0.05, 0.1) is 10.7 Å². The summed E-state index contributed by atoms with van der Waals surface area (Å²) in [7, 11) is 0. The van der Waals surface area contributed by atoms with Crippen LogP contribution >= 0.6 is 11.6 Å². The number of hydrogen-bond donors (Lipinski definition) is 0. The Morgan fingerprint density at radius 2 is 1.42 bits per heavy atom. The van der Waals surface area contributed by atoms with E-state index in [9.17, 15) is 9.59 Å². The van der Waals surface area contributed by atoms with Gasteiger partial charge >= 0.3 is 0 Å². The quantitative estimate of drug-likeness (QED) is 0.347. The average Bonchev–Trinajstić information content (AvgIpc) is 2.98. The van der Waals surface area contributed by atoms with E-state index in [1.165, 1.54) is 0 Å². The maximum absolute atomic E-state index is 13.3. The van der Waals surface area contributed by atoms with Crippen LogP contribution in [-0.2, 0) is 11.3 Å². The predicted octanol–water partition coefficient (Wildman–Crippen LogP) is 4.79. The molecule has 2 heterocycles. The monoisotopic (exact) mass is 525 g/mol. The molecule has 0 radical (unpaired) electrons. The maximum atomic E-state index is 13.3. The molecule has 1 saturated heterocycles. The summed E-state index contributed by atoms with van der Waals surface area (Å²) in [5.74, 6) is 0.540. The van der Waals surface area contributed by atoms with Crippen LogP contribution in [0.1, 0.15) is 15.9 Å². The number of rotatable bonds is 7. The minimum absolute atomic E-state index is 0.0228. The normalized spacial score (nSPS) is 13.3. The molecule has 0 unspecified atom stereocenters. The number of nitrogens with zero attached hydrogens (tertiary/aromatic N) is 5. The van der Waals surface area contributed by atoms with Crippen molar-refractivity contribution in [3.63, 3.8) is 0 Å². The number of amides is 2. The highest BCUT2D eigenvalue weighted by atomic mass is 35.5. The number of aromatic nitrogens is 2. The third-order valence-corrected chi connectivity index (χ3v) is 6.94. The molecule has 8 heteroatoms. The van der Waals surface area contributed by atoms with Crippen LogP contribution in [0.4, 0.5) is 5.82 Å². The van der Waals surface area contributed by atoms with Crippen LogP contribution in [-0.4, -0.2) is 64.5 Å². The molecule has 7 nitrogen and oxygen atoms in total. The van der Waals surface area contributed by atoms with Crippen molar-refractivity contribution in [3.8, 4) is 11.3 Å². The standard InChI is InChI=1S/C30H28ClN5O2/c31-26-14-8-7-13-25(26)27-15-16-28(33-32-27)34-17-19-35(20-18-34)29(37)22-36(21-23-9-3-1-4-10-23)30(38)24-11-5-2-6-12-24/h1-16H,17-22H2. The molecule has 192 valence electrons. The number of piperazine rings is 1. The molecule has 0 aliphatic carbocycles. The Balaban J connectivity index is 1.22. The van der Waals surface area contributed by atoms with Crippen molar-refractivity contribution in [1.29, 1.82) is 0 Å². The first-order valence-electron chi connectivity index (χ1n) is 12.6. The van der Waals surface area contributed by atoms with E-state index in [1.54, 1.807) is 17.0 Å². The van der Waals surface area contributed by atoms with E-state index in [4.69, 9.17) is 11.6 Å². The van der Waals surface area contributed by atoms with Gasteiger partial charge in [-0.3, -0.25) is 9.59 Å². The zero-order valence-electron chi connectivity index (χ0n) is 20.9. The van der Waals surface area contributed by atoms with Crippen molar-refractivity contribution < 1.29 is 9.59 Å². The molecule has 1 aromatic heterocycles. The first kappa shape index (κ1) is 25.4. The SMILES string of the molecule is O=C(CN(Cc1ccccc1)C(=O)c1ccccc1)N1CCN(c2ccc(-c3ccccc3Cl)nn2)CC1. The molecule has 2 amide bonds. The van der Waals surface area contributed by atoms with Gasteiger partial charge in [-0.15, -0.1) is 10.2 Å². The van der Waals surface area contributed by atoms with Gasteiger partial charge in [0.2, 0.25) is 5.91 Å². The summed E-state index contributed by atoms with van der Waals surface area (Å²) in [6.07, 6.45) is 0. The van der Waals surface area contributed by atoms with E-state index in [-0.39, 0.29) is 18.4 Å². The van der Waals surface area contributed by atoms with E-state index in [1.807, 2.05) is 89.8 Å². The van der Waals surface area contributed by atoms with Gasteiger partial charge in [-0.25, -0.2) is 0 Å². The summed E-state index contributed by atoms with van der Waals surface area (Å²) >= 11 is 6.29. The number of benzene rings is 3. The second kappa shape index (κ2) is 11.9. The minimum atomic E-state index is -0.157. The largest absolute Gasteiger partial charge is 0.352 e. The lowest BCUT2D eigenvalue weighted by atomic mass is 10.1. The molecular weight excluding hydrogens is 498 g/mol. The van der Waals surface area contributed by atoms with Crippen LogP contribution in [0.15, 0.2) is 97.1 Å². The average molecular weight is 526 g/mol. The molecule has 1 fully saturated rings. The third-order valence-electron chi connectivity index (χ3n) is 6.61. The van der Waals surface area contributed by atoms with Gasteiger partial charge in [-0.1, -0.05) is 78.3 Å². The summed E-state index contributed by atoms with van der Waals surface area (Å²) in [5.41, 5.74) is 3.11. The molecule has 3 aromatic carbocycles. The molecule has 0 N–H and O–H groups in total. The molecule has 0 spiro atoms. The molecule has 0 saturated carbocycles. The Morgan fingerprint density at radius 1 is 0.763 bits per heavy atom. The maximum Gasteiger partial charge on any atom is 0.254 e. The number of halogens is 1. The molecular formula is C30H28ClN5O2. The molecule has 5 rings (SSSR count). The molecule has 1 aliphatic rings. The summed E-state index contributed by atoms with van der Waals surface area (Å²) < 4.78 is 0. The lowest BCUT2D eigenvalue weighted by Gasteiger charge is -2.36. The highest BCUT2D eigenvalue weighted by Crippen LogP contribution is 2.26. The second-order valence-electron chi connectivity index (χ2n) is 9.14. The van der Waals surface area contributed by atoms with Gasteiger partial charge in [0.1, 0.15) is 6.54 Å².